The molecule has 0 fully saturated rings. The van der Waals surface area contributed by atoms with E-state index >= 15 is 0 Å². The van der Waals surface area contributed by atoms with Gasteiger partial charge in [-0.15, -0.1) is 22.7 Å². The molecule has 2 heterocycles. The maximum atomic E-state index is 5.65. The first-order valence-corrected chi connectivity index (χ1v) is 8.24. The van der Waals surface area contributed by atoms with Gasteiger partial charge in [0.2, 0.25) is 0 Å². The third-order valence-electron chi connectivity index (χ3n) is 2.50. The average Bonchev–Trinajstić information content (AvgIpc) is 3.00. The highest BCUT2D eigenvalue weighted by Gasteiger charge is 2.03. The van der Waals surface area contributed by atoms with E-state index in [9.17, 15) is 0 Å². The number of rotatable bonds is 8. The number of nitrogens with zero attached hydrogens (tertiary/aromatic N) is 1. The quantitative estimate of drug-likeness (QED) is 0.807. The summed E-state index contributed by atoms with van der Waals surface area (Å²) in [5.41, 5.74) is 1.03. The molecular weight excluding hydrogens is 276 g/mol. The Morgan fingerprint density at radius 1 is 1.32 bits per heavy atom. The molecule has 104 valence electrons. The van der Waals surface area contributed by atoms with Crippen molar-refractivity contribution in [3.8, 4) is 0 Å². The summed E-state index contributed by atoms with van der Waals surface area (Å²) in [6.45, 7) is 7.57. The van der Waals surface area contributed by atoms with Crippen LogP contribution in [-0.2, 0) is 24.5 Å². The van der Waals surface area contributed by atoms with E-state index in [2.05, 4.69) is 41.0 Å². The molecule has 0 amide bonds. The molecule has 0 aliphatic carbocycles. The van der Waals surface area contributed by atoms with Gasteiger partial charge in [0.25, 0.3) is 0 Å². The van der Waals surface area contributed by atoms with Gasteiger partial charge in [0.1, 0.15) is 5.01 Å². The summed E-state index contributed by atoms with van der Waals surface area (Å²) >= 11 is 3.42. The van der Waals surface area contributed by atoms with Crippen molar-refractivity contribution in [1.82, 2.24) is 10.3 Å². The normalized spacial score (nSPS) is 11.3. The monoisotopic (exact) mass is 296 g/mol. The lowest BCUT2D eigenvalue weighted by atomic mass is 10.2. The third kappa shape index (κ3) is 5.40. The molecule has 0 saturated heterocycles. The van der Waals surface area contributed by atoms with Crippen molar-refractivity contribution in [3.05, 3.63) is 38.5 Å². The molecule has 0 aliphatic rings. The van der Waals surface area contributed by atoms with Crippen LogP contribution in [0.15, 0.2) is 22.9 Å². The average molecular weight is 296 g/mol. The molecular formula is C14H20N2OS2. The van der Waals surface area contributed by atoms with Crippen molar-refractivity contribution < 1.29 is 4.74 Å². The minimum Gasteiger partial charge on any atom is -0.370 e. The Hall–Kier alpha value is -0.750. The molecule has 0 atom stereocenters. The van der Waals surface area contributed by atoms with Crippen LogP contribution in [0.25, 0.3) is 0 Å². The van der Waals surface area contributed by atoms with Crippen LogP contribution in [0.1, 0.15) is 29.4 Å². The zero-order valence-electron chi connectivity index (χ0n) is 11.4. The van der Waals surface area contributed by atoms with Crippen LogP contribution in [0.2, 0.25) is 0 Å². The van der Waals surface area contributed by atoms with Crippen molar-refractivity contribution in [2.24, 2.45) is 5.92 Å². The standard InChI is InChI=1S/C14H20N2OS2/c1-11(2)6-15-7-14-16-12(10-19-14)8-17-9-13-4-3-5-18-13/h3-5,10-11,15H,6-9H2,1-2H3. The van der Waals surface area contributed by atoms with E-state index in [4.69, 9.17) is 4.74 Å². The lowest BCUT2D eigenvalue weighted by Crippen LogP contribution is -2.18. The topological polar surface area (TPSA) is 34.2 Å². The summed E-state index contributed by atoms with van der Waals surface area (Å²) in [6.07, 6.45) is 0. The van der Waals surface area contributed by atoms with Gasteiger partial charge >= 0.3 is 0 Å². The lowest BCUT2D eigenvalue weighted by molar-refractivity contribution is 0.107. The molecule has 0 radical (unpaired) electrons. The zero-order chi connectivity index (χ0) is 13.5. The molecule has 2 aromatic rings. The SMILES string of the molecule is CC(C)CNCc1nc(COCc2cccs2)cs1. The van der Waals surface area contributed by atoms with E-state index in [1.807, 2.05) is 6.07 Å². The molecule has 0 spiro atoms. The predicted molar refractivity (Wildman–Crippen MR) is 81.5 cm³/mol. The Bertz CT molecular complexity index is 466. The molecule has 0 bridgehead atoms. The fourth-order valence-corrected chi connectivity index (χ4v) is 3.00. The summed E-state index contributed by atoms with van der Waals surface area (Å²) in [4.78, 5) is 5.82. The second-order valence-corrected chi connectivity index (χ2v) is 6.80. The summed E-state index contributed by atoms with van der Waals surface area (Å²) in [6, 6.07) is 4.14. The van der Waals surface area contributed by atoms with Gasteiger partial charge in [0.15, 0.2) is 0 Å². The van der Waals surface area contributed by atoms with Gasteiger partial charge in [0, 0.05) is 16.8 Å². The van der Waals surface area contributed by atoms with Crippen molar-refractivity contribution in [2.45, 2.75) is 33.6 Å². The second kappa shape index (κ2) is 7.75. The fraction of sp³-hybridized carbons (Fsp3) is 0.500. The van der Waals surface area contributed by atoms with Crippen molar-refractivity contribution in [1.29, 1.82) is 0 Å². The number of nitrogens with one attached hydrogen (secondary N) is 1. The molecule has 19 heavy (non-hydrogen) atoms. The third-order valence-corrected chi connectivity index (χ3v) is 4.25. The van der Waals surface area contributed by atoms with Crippen LogP contribution < -0.4 is 5.32 Å². The lowest BCUT2D eigenvalue weighted by Gasteiger charge is -2.04. The van der Waals surface area contributed by atoms with Gasteiger partial charge in [-0.1, -0.05) is 19.9 Å². The summed E-state index contributed by atoms with van der Waals surface area (Å²) in [5.74, 6) is 0.675. The van der Waals surface area contributed by atoms with Crippen LogP contribution in [0.3, 0.4) is 0 Å². The number of aromatic nitrogens is 1. The van der Waals surface area contributed by atoms with Gasteiger partial charge in [-0.3, -0.25) is 0 Å². The van der Waals surface area contributed by atoms with E-state index in [1.165, 1.54) is 4.88 Å². The van der Waals surface area contributed by atoms with Gasteiger partial charge in [-0.05, 0) is 23.9 Å². The Kier molecular flexibility index (Phi) is 5.97. The van der Waals surface area contributed by atoms with E-state index in [1.54, 1.807) is 22.7 Å². The highest BCUT2D eigenvalue weighted by molar-refractivity contribution is 7.10. The minimum absolute atomic E-state index is 0.596. The maximum absolute atomic E-state index is 5.65. The van der Waals surface area contributed by atoms with Gasteiger partial charge in [-0.25, -0.2) is 4.98 Å². The van der Waals surface area contributed by atoms with Crippen molar-refractivity contribution in [3.63, 3.8) is 0 Å². The van der Waals surface area contributed by atoms with Crippen LogP contribution in [0, 0.1) is 5.92 Å². The Morgan fingerprint density at radius 3 is 2.95 bits per heavy atom. The Labute approximate surface area is 122 Å². The predicted octanol–water partition coefficient (Wildman–Crippen LogP) is 3.67. The molecule has 2 aromatic heterocycles. The summed E-state index contributed by atoms with van der Waals surface area (Å²) < 4.78 is 5.65. The van der Waals surface area contributed by atoms with Gasteiger partial charge in [-0.2, -0.15) is 0 Å². The molecule has 1 N–H and O–H groups in total. The number of ether oxygens (including phenoxy) is 1. The van der Waals surface area contributed by atoms with Crippen LogP contribution in [0.5, 0.6) is 0 Å². The van der Waals surface area contributed by atoms with Crippen LogP contribution >= 0.6 is 22.7 Å². The molecule has 3 nitrogen and oxygen atoms in total. The fourth-order valence-electron chi connectivity index (χ4n) is 1.62. The largest absolute Gasteiger partial charge is 0.370 e. The highest BCUT2D eigenvalue weighted by Crippen LogP contribution is 2.13. The number of hydrogen-bond acceptors (Lipinski definition) is 5. The smallest absolute Gasteiger partial charge is 0.107 e. The number of thiophene rings is 1. The molecule has 0 unspecified atom stereocenters. The zero-order valence-corrected chi connectivity index (χ0v) is 13.0. The molecule has 2 rings (SSSR count). The van der Waals surface area contributed by atoms with Crippen molar-refractivity contribution >= 4 is 22.7 Å². The highest BCUT2D eigenvalue weighted by atomic mass is 32.1. The van der Waals surface area contributed by atoms with Gasteiger partial charge < -0.3 is 10.1 Å². The molecule has 5 heteroatoms. The minimum atomic E-state index is 0.596. The molecule has 0 saturated carbocycles. The number of hydrogen-bond donors (Lipinski definition) is 1. The van der Waals surface area contributed by atoms with E-state index < -0.39 is 0 Å². The Balaban J connectivity index is 1.68. The first-order chi connectivity index (χ1) is 9.24. The first kappa shape index (κ1) is 14.7. The summed E-state index contributed by atoms with van der Waals surface area (Å²) in [5, 5.41) is 8.69. The summed E-state index contributed by atoms with van der Waals surface area (Å²) in [7, 11) is 0. The van der Waals surface area contributed by atoms with Crippen LogP contribution in [0.4, 0.5) is 0 Å². The first-order valence-electron chi connectivity index (χ1n) is 6.48. The maximum Gasteiger partial charge on any atom is 0.107 e. The molecule has 0 aliphatic heterocycles. The van der Waals surface area contributed by atoms with E-state index in [0.29, 0.717) is 19.1 Å². The second-order valence-electron chi connectivity index (χ2n) is 4.83. The Morgan fingerprint density at radius 2 is 2.21 bits per heavy atom. The molecule has 0 aromatic carbocycles. The number of thiazole rings is 1. The van der Waals surface area contributed by atoms with Crippen LogP contribution in [-0.4, -0.2) is 11.5 Å². The van der Waals surface area contributed by atoms with Gasteiger partial charge in [0.05, 0.1) is 18.9 Å². The van der Waals surface area contributed by atoms with E-state index in [-0.39, 0.29) is 0 Å². The van der Waals surface area contributed by atoms with Crippen molar-refractivity contribution in [2.75, 3.05) is 6.54 Å². The van der Waals surface area contributed by atoms with E-state index in [0.717, 1.165) is 23.8 Å².